The number of esters is 1. The molecule has 0 fully saturated rings. The largest absolute Gasteiger partial charge is 0.462 e. The number of hydrogen-bond acceptors (Lipinski definition) is 6. The molecule has 0 saturated carbocycles. The number of ether oxygens (including phenoxy) is 1. The molecular weight excluding hydrogens is 537 g/mol. The highest BCUT2D eigenvalue weighted by atomic mass is 35.5. The molecule has 6 nitrogen and oxygen atoms in total. The highest BCUT2D eigenvalue weighted by Crippen LogP contribution is 2.34. The molecule has 194 valence electrons. The lowest BCUT2D eigenvalue weighted by molar-refractivity contribution is -0.140. The average Bonchev–Trinajstić information content (AvgIpc) is 3.24. The van der Waals surface area contributed by atoms with Crippen molar-refractivity contribution in [2.75, 3.05) is 6.61 Å². The number of rotatable bonds is 7. The zero-order chi connectivity index (χ0) is 26.9. The molecule has 11 heteroatoms. The molecule has 0 unspecified atom stereocenters. The molecule has 0 bridgehead atoms. The second kappa shape index (κ2) is 10.6. The SMILES string of the molecule is CCOC(=O)c1ccc2c(c1)nc(SCc1ccc3nc(C(F)(F)F)cc(Cl)c3c1)n2Cc1ccccn1. The Hall–Kier alpha value is -3.63. The maximum Gasteiger partial charge on any atom is 0.433 e. The van der Waals surface area contributed by atoms with E-state index in [1.165, 1.54) is 17.8 Å². The second-order valence-corrected chi connectivity index (χ2v) is 9.70. The molecule has 0 aliphatic heterocycles. The maximum atomic E-state index is 13.1. The van der Waals surface area contributed by atoms with E-state index in [0.29, 0.717) is 33.9 Å². The lowest BCUT2D eigenvalue weighted by atomic mass is 10.1. The van der Waals surface area contributed by atoms with Crippen molar-refractivity contribution in [3.63, 3.8) is 0 Å². The molecular formula is C27H20ClF3N4O2S. The molecule has 2 aromatic carbocycles. The fourth-order valence-corrected chi connectivity index (χ4v) is 5.19. The normalized spacial score (nSPS) is 11.8. The van der Waals surface area contributed by atoms with Crippen LogP contribution in [0.5, 0.6) is 0 Å². The molecule has 0 aliphatic rings. The summed E-state index contributed by atoms with van der Waals surface area (Å²) in [7, 11) is 0. The first-order chi connectivity index (χ1) is 18.2. The van der Waals surface area contributed by atoms with Gasteiger partial charge in [-0.05, 0) is 61.0 Å². The smallest absolute Gasteiger partial charge is 0.433 e. The molecule has 0 aliphatic carbocycles. The Morgan fingerprint density at radius 2 is 1.89 bits per heavy atom. The minimum Gasteiger partial charge on any atom is -0.462 e. The van der Waals surface area contributed by atoms with Crippen LogP contribution in [0.25, 0.3) is 21.9 Å². The van der Waals surface area contributed by atoms with Gasteiger partial charge < -0.3 is 9.30 Å². The van der Waals surface area contributed by atoms with Crippen molar-refractivity contribution in [3.05, 3.63) is 94.4 Å². The van der Waals surface area contributed by atoms with Crippen molar-refractivity contribution < 1.29 is 22.7 Å². The van der Waals surface area contributed by atoms with Crippen molar-refractivity contribution in [2.45, 2.75) is 30.6 Å². The number of carbonyl (C=O) groups is 1. The van der Waals surface area contributed by atoms with Gasteiger partial charge >= 0.3 is 12.1 Å². The van der Waals surface area contributed by atoms with Crippen LogP contribution in [-0.4, -0.2) is 32.1 Å². The summed E-state index contributed by atoms with van der Waals surface area (Å²) in [5.41, 5.74) is 2.71. The van der Waals surface area contributed by atoms with Gasteiger partial charge in [-0.1, -0.05) is 35.5 Å². The molecule has 38 heavy (non-hydrogen) atoms. The Labute approximate surface area is 224 Å². The molecule has 0 N–H and O–H groups in total. The van der Waals surface area contributed by atoms with Crippen molar-refractivity contribution in [3.8, 4) is 0 Å². The van der Waals surface area contributed by atoms with Gasteiger partial charge in [-0.25, -0.2) is 14.8 Å². The van der Waals surface area contributed by atoms with E-state index in [9.17, 15) is 18.0 Å². The number of carbonyl (C=O) groups excluding carboxylic acids is 1. The number of benzene rings is 2. The highest BCUT2D eigenvalue weighted by Gasteiger charge is 2.33. The molecule has 5 aromatic rings. The number of aromatic nitrogens is 4. The van der Waals surface area contributed by atoms with E-state index in [0.717, 1.165) is 22.8 Å². The van der Waals surface area contributed by atoms with E-state index in [2.05, 4.69) is 9.97 Å². The van der Waals surface area contributed by atoms with Crippen LogP contribution in [0.3, 0.4) is 0 Å². The van der Waals surface area contributed by atoms with Gasteiger partial charge in [0, 0.05) is 17.3 Å². The van der Waals surface area contributed by atoms with Gasteiger partial charge in [0.1, 0.15) is 5.69 Å². The predicted molar refractivity (Wildman–Crippen MR) is 140 cm³/mol. The topological polar surface area (TPSA) is 69.9 Å². The number of halogens is 4. The summed E-state index contributed by atoms with van der Waals surface area (Å²) in [6.45, 7) is 2.49. The van der Waals surface area contributed by atoms with E-state index in [-0.39, 0.29) is 17.1 Å². The van der Waals surface area contributed by atoms with Crippen LogP contribution in [-0.2, 0) is 23.2 Å². The van der Waals surface area contributed by atoms with Crippen molar-refractivity contribution in [1.29, 1.82) is 0 Å². The molecule has 5 rings (SSSR count). The number of alkyl halides is 3. The number of nitrogens with zero attached hydrogens (tertiary/aromatic N) is 4. The lowest BCUT2D eigenvalue weighted by Crippen LogP contribution is -2.08. The number of imidazole rings is 1. The fourth-order valence-electron chi connectivity index (χ4n) is 3.98. The monoisotopic (exact) mass is 556 g/mol. The third-order valence-electron chi connectivity index (χ3n) is 5.75. The molecule has 0 saturated heterocycles. The number of thioether (sulfide) groups is 1. The van der Waals surface area contributed by atoms with Crippen molar-refractivity contribution in [1.82, 2.24) is 19.5 Å². The number of hydrogen-bond donors (Lipinski definition) is 0. The zero-order valence-corrected chi connectivity index (χ0v) is 21.6. The molecule has 0 radical (unpaired) electrons. The summed E-state index contributed by atoms with van der Waals surface area (Å²) in [5.74, 6) is 0.0574. The minimum atomic E-state index is -4.58. The van der Waals surface area contributed by atoms with Gasteiger partial charge in [0.15, 0.2) is 5.16 Å². The van der Waals surface area contributed by atoms with E-state index in [1.54, 1.807) is 37.4 Å². The standard InChI is InChI=1S/C27H20ClF3N4O2S/c1-2-37-25(36)17-7-9-23-22(12-17)34-26(35(23)14-18-5-3-4-10-32-18)38-15-16-6-8-21-19(11-16)20(28)13-24(33-21)27(29,30)31/h3-13H,2,14-15H2,1H3. The van der Waals surface area contributed by atoms with Crippen LogP contribution in [0.1, 0.15) is 34.2 Å². The fraction of sp³-hybridized carbons (Fsp3) is 0.185. The van der Waals surface area contributed by atoms with E-state index >= 15 is 0 Å². The molecule has 3 aromatic heterocycles. The second-order valence-electron chi connectivity index (χ2n) is 8.35. The Bertz CT molecular complexity index is 1640. The highest BCUT2D eigenvalue weighted by molar-refractivity contribution is 7.98. The Kier molecular flexibility index (Phi) is 7.27. The maximum absolute atomic E-state index is 13.1. The predicted octanol–water partition coefficient (Wildman–Crippen LogP) is 7.17. The third-order valence-corrected chi connectivity index (χ3v) is 7.11. The van der Waals surface area contributed by atoms with Crippen LogP contribution in [0, 0.1) is 0 Å². The third kappa shape index (κ3) is 5.46. The summed E-state index contributed by atoms with van der Waals surface area (Å²) in [4.78, 5) is 25.2. The lowest BCUT2D eigenvalue weighted by Gasteiger charge is -2.11. The Balaban J connectivity index is 1.47. The van der Waals surface area contributed by atoms with Gasteiger partial charge in [0.05, 0.1) is 46.0 Å². The van der Waals surface area contributed by atoms with Crippen LogP contribution < -0.4 is 0 Å². The summed E-state index contributed by atoms with van der Waals surface area (Å²) in [6, 6.07) is 16.8. The van der Waals surface area contributed by atoms with Crippen LogP contribution >= 0.6 is 23.4 Å². The molecule has 0 amide bonds. The summed E-state index contributed by atoms with van der Waals surface area (Å²) in [6.07, 6.45) is -2.86. The van der Waals surface area contributed by atoms with E-state index in [1.807, 2.05) is 28.8 Å². The quantitative estimate of drug-likeness (QED) is 0.156. The molecule has 0 spiro atoms. The van der Waals surface area contributed by atoms with Gasteiger partial charge in [0.2, 0.25) is 0 Å². The minimum absolute atomic E-state index is 0.0111. The van der Waals surface area contributed by atoms with Gasteiger partial charge in [-0.2, -0.15) is 13.2 Å². The Morgan fingerprint density at radius 3 is 2.63 bits per heavy atom. The van der Waals surface area contributed by atoms with E-state index in [4.69, 9.17) is 21.3 Å². The summed E-state index contributed by atoms with van der Waals surface area (Å²) in [5, 5.41) is 1.13. The molecule has 0 atom stereocenters. The van der Waals surface area contributed by atoms with Gasteiger partial charge in [-0.3, -0.25) is 4.98 Å². The van der Waals surface area contributed by atoms with Crippen molar-refractivity contribution in [2.24, 2.45) is 0 Å². The van der Waals surface area contributed by atoms with Crippen LogP contribution in [0.2, 0.25) is 5.02 Å². The molecule has 3 heterocycles. The first-order valence-electron chi connectivity index (χ1n) is 11.6. The zero-order valence-electron chi connectivity index (χ0n) is 20.0. The van der Waals surface area contributed by atoms with Crippen molar-refractivity contribution >= 4 is 51.3 Å². The van der Waals surface area contributed by atoms with Crippen LogP contribution in [0.15, 0.2) is 72.0 Å². The average molecular weight is 557 g/mol. The number of pyridine rings is 2. The first kappa shape index (κ1) is 26.0. The first-order valence-corrected chi connectivity index (χ1v) is 13.0. The number of fused-ring (bicyclic) bond motifs is 2. The van der Waals surface area contributed by atoms with Gasteiger partial charge in [-0.15, -0.1) is 0 Å². The summed E-state index contributed by atoms with van der Waals surface area (Å²) >= 11 is 7.64. The van der Waals surface area contributed by atoms with Gasteiger partial charge in [0.25, 0.3) is 0 Å². The van der Waals surface area contributed by atoms with E-state index < -0.39 is 17.8 Å². The van der Waals surface area contributed by atoms with Crippen LogP contribution in [0.4, 0.5) is 13.2 Å². The Morgan fingerprint density at radius 1 is 1.05 bits per heavy atom. The summed E-state index contributed by atoms with van der Waals surface area (Å²) < 4.78 is 46.5.